The van der Waals surface area contributed by atoms with E-state index in [-0.39, 0.29) is 0 Å². The molecule has 0 fully saturated rings. The first-order chi connectivity index (χ1) is 9.42. The SMILES string of the molecule is CC(O)(C#CC(C)(O)c1ccccc1)c1ccccc1. The van der Waals surface area contributed by atoms with Crippen molar-refractivity contribution in [2.24, 2.45) is 0 Å². The number of rotatable bonds is 2. The molecule has 20 heavy (non-hydrogen) atoms. The summed E-state index contributed by atoms with van der Waals surface area (Å²) in [7, 11) is 0. The Bertz CT molecular complexity index is 561. The van der Waals surface area contributed by atoms with E-state index in [1.165, 1.54) is 0 Å². The van der Waals surface area contributed by atoms with Crippen LogP contribution in [0, 0.1) is 11.8 Å². The minimum atomic E-state index is -1.29. The van der Waals surface area contributed by atoms with Crippen LogP contribution in [0.1, 0.15) is 25.0 Å². The lowest BCUT2D eigenvalue weighted by Gasteiger charge is -2.20. The zero-order valence-electron chi connectivity index (χ0n) is 11.7. The highest BCUT2D eigenvalue weighted by molar-refractivity contribution is 5.36. The van der Waals surface area contributed by atoms with Gasteiger partial charge >= 0.3 is 0 Å². The Labute approximate surface area is 119 Å². The lowest BCUT2D eigenvalue weighted by atomic mass is 9.92. The van der Waals surface area contributed by atoms with Gasteiger partial charge in [0.1, 0.15) is 11.2 Å². The van der Waals surface area contributed by atoms with Crippen LogP contribution in [0.3, 0.4) is 0 Å². The number of hydrogen-bond acceptors (Lipinski definition) is 2. The van der Waals surface area contributed by atoms with E-state index < -0.39 is 11.2 Å². The Hall–Kier alpha value is -2.08. The van der Waals surface area contributed by atoms with E-state index in [4.69, 9.17) is 0 Å². The van der Waals surface area contributed by atoms with Gasteiger partial charge in [-0.1, -0.05) is 72.5 Å². The molecule has 2 aromatic rings. The van der Waals surface area contributed by atoms with Gasteiger partial charge < -0.3 is 10.2 Å². The van der Waals surface area contributed by atoms with E-state index in [0.29, 0.717) is 11.1 Å². The van der Waals surface area contributed by atoms with Gasteiger partial charge in [-0.15, -0.1) is 0 Å². The normalized spacial score (nSPS) is 16.4. The van der Waals surface area contributed by atoms with Crippen molar-refractivity contribution in [3.05, 3.63) is 71.8 Å². The predicted octanol–water partition coefficient (Wildman–Crippen LogP) is 2.81. The van der Waals surface area contributed by atoms with Crippen LogP contribution >= 0.6 is 0 Å². The molecule has 0 aliphatic carbocycles. The Morgan fingerprint density at radius 2 is 0.950 bits per heavy atom. The number of benzene rings is 2. The average Bonchev–Trinajstić information content (AvgIpc) is 2.47. The van der Waals surface area contributed by atoms with Crippen LogP contribution in [-0.4, -0.2) is 10.2 Å². The van der Waals surface area contributed by atoms with Crippen molar-refractivity contribution in [1.29, 1.82) is 0 Å². The van der Waals surface area contributed by atoms with E-state index >= 15 is 0 Å². The Morgan fingerprint density at radius 1 is 0.650 bits per heavy atom. The van der Waals surface area contributed by atoms with Gasteiger partial charge in [0.2, 0.25) is 0 Å². The van der Waals surface area contributed by atoms with Crippen LogP contribution in [-0.2, 0) is 11.2 Å². The van der Waals surface area contributed by atoms with E-state index in [2.05, 4.69) is 11.8 Å². The van der Waals surface area contributed by atoms with Gasteiger partial charge in [-0.05, 0) is 25.0 Å². The molecule has 2 heteroatoms. The van der Waals surface area contributed by atoms with Crippen LogP contribution in [0.25, 0.3) is 0 Å². The van der Waals surface area contributed by atoms with Crippen molar-refractivity contribution in [2.45, 2.75) is 25.0 Å². The second-order valence-electron chi connectivity index (χ2n) is 5.13. The monoisotopic (exact) mass is 266 g/mol. The topological polar surface area (TPSA) is 40.5 Å². The molecule has 2 unspecified atom stereocenters. The highest BCUT2D eigenvalue weighted by atomic mass is 16.3. The highest BCUT2D eigenvalue weighted by Gasteiger charge is 2.23. The largest absolute Gasteiger partial charge is 0.374 e. The third-order valence-corrected chi connectivity index (χ3v) is 3.22. The van der Waals surface area contributed by atoms with Gasteiger partial charge in [-0.3, -0.25) is 0 Å². The summed E-state index contributed by atoms with van der Waals surface area (Å²) in [6.45, 7) is 3.24. The van der Waals surface area contributed by atoms with Gasteiger partial charge in [0, 0.05) is 0 Å². The summed E-state index contributed by atoms with van der Waals surface area (Å²) in [4.78, 5) is 0. The molecule has 0 saturated carbocycles. The molecular formula is C18H18O2. The van der Waals surface area contributed by atoms with Gasteiger partial charge in [-0.2, -0.15) is 0 Å². The highest BCUT2D eigenvalue weighted by Crippen LogP contribution is 2.22. The first kappa shape index (κ1) is 14.3. The zero-order chi connectivity index (χ0) is 14.6. The number of aliphatic hydroxyl groups is 2. The van der Waals surface area contributed by atoms with E-state index in [1.807, 2.05) is 60.7 Å². The van der Waals surface area contributed by atoms with Crippen LogP contribution in [0.4, 0.5) is 0 Å². The van der Waals surface area contributed by atoms with Gasteiger partial charge in [-0.25, -0.2) is 0 Å². The fourth-order valence-electron chi connectivity index (χ4n) is 1.91. The van der Waals surface area contributed by atoms with Gasteiger partial charge in [0.05, 0.1) is 0 Å². The molecule has 0 radical (unpaired) electrons. The summed E-state index contributed by atoms with van der Waals surface area (Å²) < 4.78 is 0. The minimum absolute atomic E-state index is 0.705. The van der Waals surface area contributed by atoms with Crippen LogP contribution in [0.2, 0.25) is 0 Å². The molecule has 0 bridgehead atoms. The minimum Gasteiger partial charge on any atom is -0.374 e. The molecule has 0 heterocycles. The molecule has 102 valence electrons. The first-order valence-corrected chi connectivity index (χ1v) is 6.52. The molecule has 0 aliphatic rings. The Balaban J connectivity index is 2.30. The maximum absolute atomic E-state index is 10.4. The summed E-state index contributed by atoms with van der Waals surface area (Å²) in [5, 5.41) is 20.8. The lowest BCUT2D eigenvalue weighted by molar-refractivity contribution is 0.109. The molecule has 0 spiro atoms. The third-order valence-electron chi connectivity index (χ3n) is 3.22. The summed E-state index contributed by atoms with van der Waals surface area (Å²) in [6.07, 6.45) is 0. The van der Waals surface area contributed by atoms with Crippen LogP contribution < -0.4 is 0 Å². The standard InChI is InChI=1S/C18H18O2/c1-17(19,15-9-5-3-6-10-15)13-14-18(2,20)16-11-7-4-8-12-16/h3-12,19-20H,1-2H3. The van der Waals surface area contributed by atoms with E-state index in [1.54, 1.807) is 13.8 Å². The fourth-order valence-corrected chi connectivity index (χ4v) is 1.91. The molecule has 0 saturated heterocycles. The van der Waals surface area contributed by atoms with Crippen molar-refractivity contribution < 1.29 is 10.2 Å². The van der Waals surface area contributed by atoms with Crippen LogP contribution in [0.5, 0.6) is 0 Å². The van der Waals surface area contributed by atoms with Crippen molar-refractivity contribution in [1.82, 2.24) is 0 Å². The zero-order valence-corrected chi connectivity index (χ0v) is 11.7. The summed E-state index contributed by atoms with van der Waals surface area (Å²) in [6, 6.07) is 18.4. The van der Waals surface area contributed by atoms with Crippen molar-refractivity contribution in [3.63, 3.8) is 0 Å². The second kappa shape index (κ2) is 5.50. The molecule has 2 nitrogen and oxygen atoms in total. The fraction of sp³-hybridized carbons (Fsp3) is 0.222. The molecule has 0 amide bonds. The van der Waals surface area contributed by atoms with E-state index in [9.17, 15) is 10.2 Å². The van der Waals surface area contributed by atoms with Crippen molar-refractivity contribution in [3.8, 4) is 11.8 Å². The average molecular weight is 266 g/mol. The van der Waals surface area contributed by atoms with E-state index in [0.717, 1.165) is 0 Å². The smallest absolute Gasteiger partial charge is 0.148 e. The maximum atomic E-state index is 10.4. The quantitative estimate of drug-likeness (QED) is 0.821. The third kappa shape index (κ3) is 3.27. The van der Waals surface area contributed by atoms with Crippen molar-refractivity contribution in [2.75, 3.05) is 0 Å². The molecular weight excluding hydrogens is 248 g/mol. The lowest BCUT2D eigenvalue weighted by Crippen LogP contribution is -2.23. The van der Waals surface area contributed by atoms with Crippen LogP contribution in [0.15, 0.2) is 60.7 Å². The molecule has 0 aromatic heterocycles. The Kier molecular flexibility index (Phi) is 3.94. The maximum Gasteiger partial charge on any atom is 0.148 e. The summed E-state index contributed by atoms with van der Waals surface area (Å²) in [5.41, 5.74) is -1.17. The number of hydrogen-bond donors (Lipinski definition) is 2. The van der Waals surface area contributed by atoms with Crippen molar-refractivity contribution >= 4 is 0 Å². The summed E-state index contributed by atoms with van der Waals surface area (Å²) >= 11 is 0. The van der Waals surface area contributed by atoms with Gasteiger partial charge in [0.25, 0.3) is 0 Å². The Morgan fingerprint density at radius 3 is 1.25 bits per heavy atom. The van der Waals surface area contributed by atoms with Gasteiger partial charge in [0.15, 0.2) is 0 Å². The first-order valence-electron chi connectivity index (χ1n) is 6.52. The second-order valence-corrected chi connectivity index (χ2v) is 5.13. The molecule has 2 rings (SSSR count). The predicted molar refractivity (Wildman–Crippen MR) is 79.8 cm³/mol. The summed E-state index contributed by atoms with van der Waals surface area (Å²) in [5.74, 6) is 5.54. The molecule has 0 aliphatic heterocycles. The molecule has 2 atom stereocenters. The molecule has 2 N–H and O–H groups in total. The molecule has 2 aromatic carbocycles.